The molecule has 4 nitrogen and oxygen atoms in total. The molecule has 0 saturated heterocycles. The minimum atomic E-state index is -4.61. The first-order chi connectivity index (χ1) is 8.60. The fraction of sp³-hybridized carbons (Fsp3) is 1.00. The second kappa shape index (κ2) is 6.17. The fourth-order valence-electron chi connectivity index (χ4n) is 2.27. The van der Waals surface area contributed by atoms with Crippen molar-refractivity contribution in [2.24, 2.45) is 5.92 Å². The van der Waals surface area contributed by atoms with Crippen molar-refractivity contribution in [1.29, 1.82) is 0 Å². The minimum Gasteiger partial charge on any atom is -0.393 e. The Bertz CT molecular complexity index is 333. The molecule has 1 aliphatic carbocycles. The SMILES string of the molecule is CC(C)OP(=O)(OC(C)C)C(F)(F)[C@@H]1CCC[C@H]1O. The molecule has 0 heterocycles. The molecule has 114 valence electrons. The van der Waals surface area contributed by atoms with Gasteiger partial charge >= 0.3 is 13.3 Å². The molecular weight excluding hydrogens is 277 g/mol. The topological polar surface area (TPSA) is 55.8 Å². The van der Waals surface area contributed by atoms with Crippen molar-refractivity contribution in [3.05, 3.63) is 0 Å². The van der Waals surface area contributed by atoms with Gasteiger partial charge in [0.2, 0.25) is 0 Å². The van der Waals surface area contributed by atoms with Gasteiger partial charge in [-0.1, -0.05) is 6.42 Å². The zero-order valence-electron chi connectivity index (χ0n) is 11.8. The predicted octanol–water partition coefficient (Wildman–Crippen LogP) is 3.78. The smallest absolute Gasteiger partial charge is 0.393 e. The van der Waals surface area contributed by atoms with E-state index in [-0.39, 0.29) is 6.42 Å². The van der Waals surface area contributed by atoms with E-state index in [1.54, 1.807) is 0 Å². The van der Waals surface area contributed by atoms with E-state index in [9.17, 15) is 18.5 Å². The molecule has 0 aromatic carbocycles. The Kier molecular flexibility index (Phi) is 5.52. The van der Waals surface area contributed by atoms with Gasteiger partial charge in [0.15, 0.2) is 0 Å². The summed E-state index contributed by atoms with van der Waals surface area (Å²) in [6, 6.07) is 0. The molecule has 0 radical (unpaired) electrons. The first-order valence-corrected chi connectivity index (χ1v) is 8.17. The highest BCUT2D eigenvalue weighted by Crippen LogP contribution is 2.67. The lowest BCUT2D eigenvalue weighted by atomic mass is 10.1. The van der Waals surface area contributed by atoms with Crippen molar-refractivity contribution in [2.45, 2.75) is 70.9 Å². The van der Waals surface area contributed by atoms with E-state index >= 15 is 0 Å². The van der Waals surface area contributed by atoms with Gasteiger partial charge in [0, 0.05) is 0 Å². The Hall–Kier alpha value is -0.0300. The van der Waals surface area contributed by atoms with Crippen LogP contribution in [0.2, 0.25) is 0 Å². The van der Waals surface area contributed by atoms with Gasteiger partial charge < -0.3 is 14.2 Å². The lowest BCUT2D eigenvalue weighted by Gasteiger charge is -2.33. The third-order valence-electron chi connectivity index (χ3n) is 2.99. The van der Waals surface area contributed by atoms with Crippen molar-refractivity contribution < 1.29 is 27.5 Å². The summed E-state index contributed by atoms with van der Waals surface area (Å²) in [5, 5.41) is 9.64. The summed E-state index contributed by atoms with van der Waals surface area (Å²) < 4.78 is 51.3. The van der Waals surface area contributed by atoms with E-state index in [2.05, 4.69) is 0 Å². The summed E-state index contributed by atoms with van der Waals surface area (Å²) in [6.07, 6.45) is -1.53. The van der Waals surface area contributed by atoms with Gasteiger partial charge in [-0.05, 0) is 40.5 Å². The van der Waals surface area contributed by atoms with Crippen LogP contribution >= 0.6 is 7.60 Å². The molecule has 1 N–H and O–H groups in total. The molecule has 7 heteroatoms. The highest BCUT2D eigenvalue weighted by atomic mass is 31.2. The standard InChI is InChI=1S/C12H23F2O4P/c1-8(2)17-19(16,18-9(3)4)12(13,14)10-6-5-7-11(10)15/h8-11,15H,5-7H2,1-4H3/t10-,11-/m1/s1. The largest absolute Gasteiger partial charge is 0.400 e. The lowest BCUT2D eigenvalue weighted by Crippen LogP contribution is -2.36. The van der Waals surface area contributed by atoms with Crippen LogP contribution in [0, 0.1) is 5.92 Å². The number of hydrogen-bond acceptors (Lipinski definition) is 4. The Balaban J connectivity index is 3.04. The maximum atomic E-state index is 14.5. The van der Waals surface area contributed by atoms with Crippen molar-refractivity contribution in [3.63, 3.8) is 0 Å². The molecule has 0 aromatic heterocycles. The summed E-state index contributed by atoms with van der Waals surface area (Å²) in [6.45, 7) is 6.10. The number of alkyl halides is 2. The van der Waals surface area contributed by atoms with Crippen molar-refractivity contribution in [3.8, 4) is 0 Å². The summed E-state index contributed by atoms with van der Waals surface area (Å²) in [5.41, 5.74) is -3.67. The first kappa shape index (κ1) is 17.0. The molecule has 19 heavy (non-hydrogen) atoms. The normalized spacial score (nSPS) is 25.5. The van der Waals surface area contributed by atoms with Crippen LogP contribution in [-0.4, -0.2) is 29.1 Å². The van der Waals surface area contributed by atoms with Crippen LogP contribution in [0.15, 0.2) is 0 Å². The van der Waals surface area contributed by atoms with Crippen LogP contribution in [0.4, 0.5) is 8.78 Å². The highest BCUT2D eigenvalue weighted by Gasteiger charge is 2.62. The Morgan fingerprint density at radius 3 is 1.95 bits per heavy atom. The average Bonchev–Trinajstić information content (AvgIpc) is 2.61. The van der Waals surface area contributed by atoms with Crippen LogP contribution in [0.5, 0.6) is 0 Å². The Labute approximate surface area is 113 Å². The van der Waals surface area contributed by atoms with Crippen molar-refractivity contribution in [2.75, 3.05) is 0 Å². The number of aliphatic hydroxyl groups is 1. The molecule has 0 spiro atoms. The van der Waals surface area contributed by atoms with Crippen LogP contribution < -0.4 is 0 Å². The maximum Gasteiger partial charge on any atom is 0.400 e. The Morgan fingerprint density at radius 1 is 1.16 bits per heavy atom. The molecule has 0 unspecified atom stereocenters. The molecule has 0 amide bonds. The van der Waals surface area contributed by atoms with E-state index in [0.29, 0.717) is 12.8 Å². The minimum absolute atomic E-state index is 0.126. The maximum absolute atomic E-state index is 14.5. The number of hydrogen-bond donors (Lipinski definition) is 1. The number of halogens is 2. The van der Waals surface area contributed by atoms with Gasteiger partial charge in [-0.25, -0.2) is 0 Å². The van der Waals surface area contributed by atoms with E-state index in [1.807, 2.05) is 0 Å². The molecule has 0 aliphatic heterocycles. The van der Waals surface area contributed by atoms with Gasteiger partial charge in [-0.15, -0.1) is 0 Å². The summed E-state index contributed by atoms with van der Waals surface area (Å²) in [7, 11) is -4.61. The third kappa shape index (κ3) is 3.75. The second-order valence-electron chi connectivity index (χ2n) is 5.50. The molecule has 1 saturated carbocycles. The van der Waals surface area contributed by atoms with Crippen LogP contribution in [0.25, 0.3) is 0 Å². The average molecular weight is 300 g/mol. The second-order valence-corrected chi connectivity index (χ2v) is 7.51. The van der Waals surface area contributed by atoms with Crippen molar-refractivity contribution >= 4 is 7.60 Å². The van der Waals surface area contributed by atoms with Gasteiger partial charge in [0.1, 0.15) is 0 Å². The van der Waals surface area contributed by atoms with Gasteiger partial charge in [0.05, 0.1) is 24.2 Å². The Morgan fingerprint density at radius 2 is 1.63 bits per heavy atom. The third-order valence-corrected chi connectivity index (χ3v) is 5.45. The van der Waals surface area contributed by atoms with Gasteiger partial charge in [-0.2, -0.15) is 8.78 Å². The predicted molar refractivity (Wildman–Crippen MR) is 68.3 cm³/mol. The van der Waals surface area contributed by atoms with E-state index in [4.69, 9.17) is 9.05 Å². The zero-order chi connectivity index (χ0) is 14.8. The molecule has 1 rings (SSSR count). The zero-order valence-corrected chi connectivity index (χ0v) is 12.7. The highest BCUT2D eigenvalue weighted by molar-refractivity contribution is 7.55. The van der Waals surface area contributed by atoms with Crippen LogP contribution in [0.1, 0.15) is 47.0 Å². The molecule has 1 aliphatic rings. The summed E-state index contributed by atoms with van der Waals surface area (Å²) in [4.78, 5) is 0. The van der Waals surface area contributed by atoms with E-state index < -0.39 is 37.5 Å². The van der Waals surface area contributed by atoms with Gasteiger partial charge in [0.25, 0.3) is 0 Å². The quantitative estimate of drug-likeness (QED) is 0.758. The van der Waals surface area contributed by atoms with E-state index in [0.717, 1.165) is 0 Å². The lowest BCUT2D eigenvalue weighted by molar-refractivity contribution is -0.0578. The molecule has 0 bridgehead atoms. The number of rotatable bonds is 6. The summed E-state index contributed by atoms with van der Waals surface area (Å²) >= 11 is 0. The molecule has 2 atom stereocenters. The monoisotopic (exact) mass is 300 g/mol. The number of aliphatic hydroxyl groups excluding tert-OH is 1. The molecule has 1 fully saturated rings. The van der Waals surface area contributed by atoms with Gasteiger partial charge in [-0.3, -0.25) is 4.57 Å². The molecular formula is C12H23F2O4P. The van der Waals surface area contributed by atoms with Crippen molar-refractivity contribution in [1.82, 2.24) is 0 Å². The van der Waals surface area contributed by atoms with Crippen LogP contribution in [0.3, 0.4) is 0 Å². The summed E-state index contributed by atoms with van der Waals surface area (Å²) in [5.74, 6) is -1.36. The fourth-order valence-corrected chi connectivity index (χ4v) is 4.42. The van der Waals surface area contributed by atoms with E-state index in [1.165, 1.54) is 27.7 Å². The van der Waals surface area contributed by atoms with Crippen LogP contribution in [-0.2, 0) is 13.6 Å². The first-order valence-electron chi connectivity index (χ1n) is 6.63. The molecule has 0 aromatic rings.